The summed E-state index contributed by atoms with van der Waals surface area (Å²) in [6.07, 6.45) is 1.74. The quantitative estimate of drug-likeness (QED) is 0.854. The SMILES string of the molecule is COc1ncc(F)cc1CN1CCc2nc(N)[nH]c(=O)c2C1. The van der Waals surface area contributed by atoms with E-state index in [9.17, 15) is 9.18 Å². The first-order chi connectivity index (χ1) is 10.6. The van der Waals surface area contributed by atoms with Gasteiger partial charge >= 0.3 is 0 Å². The normalized spacial score (nSPS) is 14.6. The predicted molar refractivity (Wildman–Crippen MR) is 77.8 cm³/mol. The summed E-state index contributed by atoms with van der Waals surface area (Å²) in [5, 5.41) is 0. The fourth-order valence-corrected chi connectivity index (χ4v) is 2.64. The highest BCUT2D eigenvalue weighted by Gasteiger charge is 2.22. The molecule has 22 heavy (non-hydrogen) atoms. The van der Waals surface area contributed by atoms with Gasteiger partial charge in [0.2, 0.25) is 11.8 Å². The Morgan fingerprint density at radius 2 is 2.36 bits per heavy atom. The van der Waals surface area contributed by atoms with Gasteiger partial charge in [0, 0.05) is 31.6 Å². The zero-order chi connectivity index (χ0) is 15.7. The molecule has 0 spiro atoms. The Bertz CT molecular complexity index is 761. The van der Waals surface area contributed by atoms with Crippen molar-refractivity contribution in [2.75, 3.05) is 19.4 Å². The number of methoxy groups -OCH3 is 1. The third-order valence-corrected chi connectivity index (χ3v) is 3.65. The van der Waals surface area contributed by atoms with Crippen molar-refractivity contribution >= 4 is 5.95 Å². The average Bonchev–Trinajstić information content (AvgIpc) is 2.48. The van der Waals surface area contributed by atoms with Crippen LogP contribution in [0.4, 0.5) is 10.3 Å². The molecule has 0 saturated heterocycles. The van der Waals surface area contributed by atoms with Gasteiger partial charge < -0.3 is 10.5 Å². The van der Waals surface area contributed by atoms with Crippen LogP contribution in [-0.2, 0) is 19.5 Å². The van der Waals surface area contributed by atoms with E-state index in [4.69, 9.17) is 10.5 Å². The van der Waals surface area contributed by atoms with E-state index in [-0.39, 0.29) is 11.5 Å². The highest BCUT2D eigenvalue weighted by molar-refractivity contribution is 5.29. The summed E-state index contributed by atoms with van der Waals surface area (Å²) in [6.45, 7) is 1.57. The van der Waals surface area contributed by atoms with Crippen LogP contribution in [0.1, 0.15) is 16.8 Å². The second-order valence-electron chi connectivity index (χ2n) is 5.16. The summed E-state index contributed by atoms with van der Waals surface area (Å²) in [4.78, 5) is 24.6. The number of nitrogens with one attached hydrogen (secondary N) is 1. The molecule has 2 aromatic rings. The van der Waals surface area contributed by atoms with Crippen LogP contribution < -0.4 is 16.0 Å². The number of hydrogen-bond donors (Lipinski definition) is 2. The molecule has 1 aliphatic heterocycles. The molecule has 0 aliphatic carbocycles. The van der Waals surface area contributed by atoms with E-state index in [2.05, 4.69) is 15.0 Å². The number of halogens is 1. The summed E-state index contributed by atoms with van der Waals surface area (Å²) in [5.41, 5.74) is 7.29. The predicted octanol–water partition coefficient (Wildman–Crippen LogP) is 0.453. The number of nitrogens with zero attached hydrogens (tertiary/aromatic N) is 3. The van der Waals surface area contributed by atoms with Crippen LogP contribution in [0.15, 0.2) is 17.1 Å². The van der Waals surface area contributed by atoms with Gasteiger partial charge in [-0.05, 0) is 6.07 Å². The summed E-state index contributed by atoms with van der Waals surface area (Å²) in [5.74, 6) is 0.102. The van der Waals surface area contributed by atoms with Crippen molar-refractivity contribution < 1.29 is 9.13 Å². The molecule has 7 nitrogen and oxygen atoms in total. The van der Waals surface area contributed by atoms with E-state index in [1.165, 1.54) is 13.2 Å². The molecule has 116 valence electrons. The van der Waals surface area contributed by atoms with Crippen molar-refractivity contribution in [3.05, 3.63) is 45.3 Å². The number of nitrogens with two attached hydrogens (primary N) is 1. The van der Waals surface area contributed by atoms with Gasteiger partial charge in [-0.25, -0.2) is 14.4 Å². The maximum atomic E-state index is 13.4. The average molecular weight is 305 g/mol. The molecule has 3 heterocycles. The van der Waals surface area contributed by atoms with Gasteiger partial charge in [-0.3, -0.25) is 14.7 Å². The largest absolute Gasteiger partial charge is 0.481 e. The molecule has 2 aromatic heterocycles. The number of nitrogen functional groups attached to an aromatic ring is 1. The molecule has 0 amide bonds. The number of anilines is 1. The maximum absolute atomic E-state index is 13.4. The minimum absolute atomic E-state index is 0.133. The number of hydrogen-bond acceptors (Lipinski definition) is 6. The lowest BCUT2D eigenvalue weighted by atomic mass is 10.1. The second-order valence-corrected chi connectivity index (χ2v) is 5.16. The Hall–Kier alpha value is -2.48. The lowest BCUT2D eigenvalue weighted by Gasteiger charge is -2.27. The molecule has 3 N–H and O–H groups in total. The molecular weight excluding hydrogens is 289 g/mol. The molecule has 8 heteroatoms. The number of pyridine rings is 1. The topological polar surface area (TPSA) is 97.1 Å². The summed E-state index contributed by atoms with van der Waals surface area (Å²) < 4.78 is 18.5. The van der Waals surface area contributed by atoms with E-state index in [0.29, 0.717) is 43.1 Å². The summed E-state index contributed by atoms with van der Waals surface area (Å²) in [6, 6.07) is 1.40. The molecular formula is C14H16FN5O2. The van der Waals surface area contributed by atoms with Crippen LogP contribution in [0.2, 0.25) is 0 Å². The highest BCUT2D eigenvalue weighted by Crippen LogP contribution is 2.21. The number of fused-ring (bicyclic) bond motifs is 1. The van der Waals surface area contributed by atoms with Gasteiger partial charge in [0.05, 0.1) is 24.6 Å². The van der Waals surface area contributed by atoms with Gasteiger partial charge in [0.1, 0.15) is 5.82 Å². The zero-order valence-corrected chi connectivity index (χ0v) is 12.1. The van der Waals surface area contributed by atoms with Crippen molar-refractivity contribution in [2.24, 2.45) is 0 Å². The first kappa shape index (κ1) is 14.5. The van der Waals surface area contributed by atoms with Crippen LogP contribution in [0.5, 0.6) is 5.88 Å². The molecule has 0 saturated carbocycles. The van der Waals surface area contributed by atoms with Crippen LogP contribution >= 0.6 is 0 Å². The number of rotatable bonds is 3. The fraction of sp³-hybridized carbons (Fsp3) is 0.357. The highest BCUT2D eigenvalue weighted by atomic mass is 19.1. The second kappa shape index (κ2) is 5.72. The first-order valence-corrected chi connectivity index (χ1v) is 6.85. The van der Waals surface area contributed by atoms with E-state index in [1.807, 2.05) is 4.90 Å². The molecule has 0 unspecified atom stereocenters. The summed E-state index contributed by atoms with van der Waals surface area (Å²) >= 11 is 0. The lowest BCUT2D eigenvalue weighted by Crippen LogP contribution is -2.35. The smallest absolute Gasteiger partial charge is 0.257 e. The van der Waals surface area contributed by atoms with E-state index >= 15 is 0 Å². The Balaban J connectivity index is 1.84. The van der Waals surface area contributed by atoms with Gasteiger partial charge in [-0.2, -0.15) is 0 Å². The van der Waals surface area contributed by atoms with E-state index < -0.39 is 5.82 Å². The fourth-order valence-electron chi connectivity index (χ4n) is 2.64. The summed E-state index contributed by atoms with van der Waals surface area (Å²) in [7, 11) is 1.49. The lowest BCUT2D eigenvalue weighted by molar-refractivity contribution is 0.236. The van der Waals surface area contributed by atoms with Crippen molar-refractivity contribution in [3.63, 3.8) is 0 Å². The number of H-pyrrole nitrogens is 1. The van der Waals surface area contributed by atoms with Gasteiger partial charge in [-0.15, -0.1) is 0 Å². The van der Waals surface area contributed by atoms with Crippen LogP contribution in [0, 0.1) is 5.82 Å². The van der Waals surface area contributed by atoms with Crippen LogP contribution in [-0.4, -0.2) is 33.5 Å². The van der Waals surface area contributed by atoms with E-state index in [1.54, 1.807) is 0 Å². The molecule has 0 atom stereocenters. The Morgan fingerprint density at radius 1 is 1.55 bits per heavy atom. The molecule has 1 aliphatic rings. The number of aromatic amines is 1. The minimum Gasteiger partial charge on any atom is -0.481 e. The maximum Gasteiger partial charge on any atom is 0.257 e. The number of aromatic nitrogens is 3. The molecule has 3 rings (SSSR count). The Kier molecular flexibility index (Phi) is 3.76. The molecule has 0 bridgehead atoms. The molecule has 0 aromatic carbocycles. The number of ether oxygens (including phenoxy) is 1. The first-order valence-electron chi connectivity index (χ1n) is 6.85. The van der Waals surface area contributed by atoms with Crippen LogP contribution in [0.3, 0.4) is 0 Å². The zero-order valence-electron chi connectivity index (χ0n) is 12.1. The van der Waals surface area contributed by atoms with E-state index in [0.717, 1.165) is 11.9 Å². The minimum atomic E-state index is -0.416. The monoisotopic (exact) mass is 305 g/mol. The van der Waals surface area contributed by atoms with Crippen molar-refractivity contribution in [1.82, 2.24) is 19.9 Å². The van der Waals surface area contributed by atoms with Gasteiger partial charge in [0.15, 0.2) is 0 Å². The van der Waals surface area contributed by atoms with Gasteiger partial charge in [0.25, 0.3) is 5.56 Å². The van der Waals surface area contributed by atoms with Crippen molar-refractivity contribution in [3.8, 4) is 5.88 Å². The standard InChI is InChI=1S/C14H16FN5O2/c1-22-13-8(4-9(15)5-17-13)6-20-3-2-11-10(7-20)12(21)19-14(16)18-11/h4-5H,2-3,6-7H2,1H3,(H3,16,18,19,21). The third-order valence-electron chi connectivity index (χ3n) is 3.65. The Labute approximate surface area is 126 Å². The molecule has 0 fully saturated rings. The molecule has 0 radical (unpaired) electrons. The van der Waals surface area contributed by atoms with Crippen molar-refractivity contribution in [2.45, 2.75) is 19.5 Å². The van der Waals surface area contributed by atoms with Crippen molar-refractivity contribution in [1.29, 1.82) is 0 Å². The van der Waals surface area contributed by atoms with Gasteiger partial charge in [-0.1, -0.05) is 0 Å². The van der Waals surface area contributed by atoms with Crippen LogP contribution in [0.25, 0.3) is 0 Å². The Morgan fingerprint density at radius 3 is 3.14 bits per heavy atom. The third kappa shape index (κ3) is 2.77.